The number of carbonyl (C=O) groups excluding carboxylic acids is 1. The van der Waals surface area contributed by atoms with Crippen molar-refractivity contribution in [3.8, 4) is 0 Å². The molecule has 0 saturated carbocycles. The van der Waals surface area contributed by atoms with Crippen LogP contribution < -0.4 is 10.9 Å². The van der Waals surface area contributed by atoms with Crippen LogP contribution in [-0.4, -0.2) is 15.3 Å². The van der Waals surface area contributed by atoms with Crippen LogP contribution in [0.5, 0.6) is 0 Å². The Balaban J connectivity index is 1.68. The van der Waals surface area contributed by atoms with Gasteiger partial charge in [0.2, 0.25) is 0 Å². The Morgan fingerprint density at radius 1 is 1.24 bits per heavy atom. The highest BCUT2D eigenvalue weighted by molar-refractivity contribution is 7.17. The summed E-state index contributed by atoms with van der Waals surface area (Å²) < 4.78 is 1.67. The van der Waals surface area contributed by atoms with E-state index in [0.717, 1.165) is 36.3 Å². The molecule has 1 N–H and O–H groups in total. The first-order valence-corrected chi connectivity index (χ1v) is 10.3. The minimum Gasteiger partial charge on any atom is -0.347 e. The molecule has 0 aromatic carbocycles. The van der Waals surface area contributed by atoms with Crippen molar-refractivity contribution in [2.75, 3.05) is 0 Å². The number of amides is 1. The Bertz CT molecular complexity index is 957. The summed E-state index contributed by atoms with van der Waals surface area (Å²) in [6.45, 7) is 0.431. The first-order valence-electron chi connectivity index (χ1n) is 8.57. The fraction of sp³-hybridized carbons (Fsp3) is 0.389. The van der Waals surface area contributed by atoms with Crippen LogP contribution in [0.25, 0.3) is 4.96 Å². The first-order chi connectivity index (χ1) is 12.2. The summed E-state index contributed by atoms with van der Waals surface area (Å²) in [4.78, 5) is 32.8. The third kappa shape index (κ3) is 3.26. The number of rotatable bonds is 3. The molecular weight excluding hydrogens is 354 g/mol. The number of aryl methyl sites for hydroxylation is 2. The van der Waals surface area contributed by atoms with Crippen molar-refractivity contribution in [3.05, 3.63) is 55.1 Å². The standard InChI is InChI=1S/C18H19N3O2S2/c22-16(19-10-12-6-5-9-24-12)13-11-20-18-21(17(13)23)14-7-3-1-2-4-8-15(14)25-18/h5-6,9,11H,1-4,7-8,10H2,(H,19,22). The van der Waals surface area contributed by atoms with Crippen LogP contribution >= 0.6 is 22.7 Å². The summed E-state index contributed by atoms with van der Waals surface area (Å²) in [6.07, 6.45) is 7.99. The van der Waals surface area contributed by atoms with Gasteiger partial charge in [0, 0.05) is 21.6 Å². The summed E-state index contributed by atoms with van der Waals surface area (Å²) in [6, 6.07) is 3.90. The summed E-state index contributed by atoms with van der Waals surface area (Å²) in [5.41, 5.74) is 0.938. The van der Waals surface area contributed by atoms with Crippen LogP contribution in [0.1, 0.15) is 51.5 Å². The Hall–Kier alpha value is -1.99. The largest absolute Gasteiger partial charge is 0.347 e. The van der Waals surface area contributed by atoms with Crippen molar-refractivity contribution in [3.63, 3.8) is 0 Å². The lowest BCUT2D eigenvalue weighted by molar-refractivity contribution is 0.0949. The van der Waals surface area contributed by atoms with Gasteiger partial charge >= 0.3 is 0 Å². The lowest BCUT2D eigenvalue weighted by Gasteiger charge is -2.09. The number of hydrogen-bond acceptors (Lipinski definition) is 5. The van der Waals surface area contributed by atoms with E-state index in [4.69, 9.17) is 0 Å². The van der Waals surface area contributed by atoms with E-state index in [-0.39, 0.29) is 17.0 Å². The van der Waals surface area contributed by atoms with Crippen LogP contribution in [0, 0.1) is 0 Å². The molecule has 0 unspecified atom stereocenters. The van der Waals surface area contributed by atoms with Gasteiger partial charge < -0.3 is 5.32 Å². The second-order valence-corrected chi connectivity index (χ2v) is 8.34. The third-order valence-corrected chi connectivity index (χ3v) is 6.58. The van der Waals surface area contributed by atoms with Gasteiger partial charge in [-0.25, -0.2) is 4.98 Å². The van der Waals surface area contributed by atoms with Crippen molar-refractivity contribution in [1.29, 1.82) is 0 Å². The predicted octanol–water partition coefficient (Wildman–Crippen LogP) is 3.41. The Morgan fingerprint density at radius 3 is 2.88 bits per heavy atom. The zero-order valence-corrected chi connectivity index (χ0v) is 15.4. The van der Waals surface area contributed by atoms with E-state index in [1.807, 2.05) is 17.5 Å². The van der Waals surface area contributed by atoms with E-state index in [2.05, 4.69) is 10.3 Å². The van der Waals surface area contributed by atoms with E-state index in [1.165, 1.54) is 23.9 Å². The van der Waals surface area contributed by atoms with Gasteiger partial charge in [-0.2, -0.15) is 0 Å². The van der Waals surface area contributed by atoms with Crippen LogP contribution in [0.4, 0.5) is 0 Å². The van der Waals surface area contributed by atoms with Crippen LogP contribution in [0.15, 0.2) is 28.5 Å². The Labute approximate surface area is 153 Å². The summed E-state index contributed by atoms with van der Waals surface area (Å²) in [5, 5.41) is 4.79. The molecule has 25 heavy (non-hydrogen) atoms. The molecule has 4 rings (SSSR count). The highest BCUT2D eigenvalue weighted by Crippen LogP contribution is 2.27. The van der Waals surface area contributed by atoms with Gasteiger partial charge in [-0.15, -0.1) is 22.7 Å². The molecule has 130 valence electrons. The average molecular weight is 374 g/mol. The van der Waals surface area contributed by atoms with Crippen molar-refractivity contribution in [2.24, 2.45) is 0 Å². The first kappa shape index (κ1) is 16.5. The van der Waals surface area contributed by atoms with E-state index in [0.29, 0.717) is 11.5 Å². The molecular formula is C18H19N3O2S2. The van der Waals surface area contributed by atoms with Gasteiger partial charge in [-0.3, -0.25) is 14.0 Å². The van der Waals surface area contributed by atoms with Crippen molar-refractivity contribution in [1.82, 2.24) is 14.7 Å². The number of carbonyl (C=O) groups is 1. The van der Waals surface area contributed by atoms with Gasteiger partial charge in [-0.05, 0) is 37.1 Å². The molecule has 3 heterocycles. The molecule has 1 aliphatic rings. The van der Waals surface area contributed by atoms with E-state index < -0.39 is 0 Å². The summed E-state index contributed by atoms with van der Waals surface area (Å²) in [7, 11) is 0. The van der Waals surface area contributed by atoms with Crippen molar-refractivity contribution < 1.29 is 4.79 Å². The zero-order chi connectivity index (χ0) is 17.2. The topological polar surface area (TPSA) is 63.5 Å². The minimum atomic E-state index is -0.355. The molecule has 0 bridgehead atoms. The van der Waals surface area contributed by atoms with E-state index >= 15 is 0 Å². The number of hydrogen-bond donors (Lipinski definition) is 1. The molecule has 0 radical (unpaired) electrons. The number of nitrogens with zero attached hydrogens (tertiary/aromatic N) is 2. The lowest BCUT2D eigenvalue weighted by Crippen LogP contribution is -2.31. The molecule has 3 aromatic heterocycles. The second kappa shape index (κ2) is 7.09. The average Bonchev–Trinajstić information content (AvgIpc) is 3.21. The van der Waals surface area contributed by atoms with Gasteiger partial charge in [0.15, 0.2) is 4.96 Å². The Kier molecular flexibility index (Phi) is 4.67. The van der Waals surface area contributed by atoms with Crippen molar-refractivity contribution >= 4 is 33.5 Å². The number of thiazole rings is 1. The summed E-state index contributed by atoms with van der Waals surface area (Å²) >= 11 is 3.17. The smallest absolute Gasteiger partial charge is 0.271 e. The van der Waals surface area contributed by atoms with Crippen LogP contribution in [0.2, 0.25) is 0 Å². The molecule has 1 amide bonds. The third-order valence-electron chi connectivity index (χ3n) is 4.55. The maximum atomic E-state index is 12.9. The highest BCUT2D eigenvalue weighted by atomic mass is 32.1. The highest BCUT2D eigenvalue weighted by Gasteiger charge is 2.20. The number of fused-ring (bicyclic) bond motifs is 3. The number of nitrogens with one attached hydrogen (secondary N) is 1. The second-order valence-electron chi connectivity index (χ2n) is 6.24. The van der Waals surface area contributed by atoms with Gasteiger partial charge in [0.1, 0.15) is 5.56 Å². The van der Waals surface area contributed by atoms with Gasteiger partial charge in [0.25, 0.3) is 11.5 Å². The Morgan fingerprint density at radius 2 is 2.08 bits per heavy atom. The molecule has 1 aliphatic carbocycles. The van der Waals surface area contributed by atoms with Crippen LogP contribution in [0.3, 0.4) is 0 Å². The van der Waals surface area contributed by atoms with Gasteiger partial charge in [-0.1, -0.05) is 18.9 Å². The van der Waals surface area contributed by atoms with E-state index in [9.17, 15) is 9.59 Å². The fourth-order valence-corrected chi connectivity index (χ4v) is 5.07. The molecule has 0 atom stereocenters. The zero-order valence-electron chi connectivity index (χ0n) is 13.8. The molecule has 0 spiro atoms. The molecule has 3 aromatic rings. The summed E-state index contributed by atoms with van der Waals surface area (Å²) in [5.74, 6) is -0.355. The predicted molar refractivity (Wildman–Crippen MR) is 101 cm³/mol. The van der Waals surface area contributed by atoms with E-state index in [1.54, 1.807) is 27.1 Å². The molecule has 0 aliphatic heterocycles. The minimum absolute atomic E-state index is 0.122. The number of thiophene rings is 1. The lowest BCUT2D eigenvalue weighted by atomic mass is 10.0. The molecule has 0 saturated heterocycles. The molecule has 5 nitrogen and oxygen atoms in total. The normalized spacial score (nSPS) is 14.7. The number of aromatic nitrogens is 2. The van der Waals surface area contributed by atoms with Crippen LogP contribution in [-0.2, 0) is 19.4 Å². The maximum Gasteiger partial charge on any atom is 0.271 e. The molecule has 0 fully saturated rings. The SMILES string of the molecule is O=C(NCc1cccs1)c1cnc2sc3c(n2c1=O)CCCCCC3. The molecule has 7 heteroatoms. The maximum absolute atomic E-state index is 12.9. The quantitative estimate of drug-likeness (QED) is 0.765. The van der Waals surface area contributed by atoms with Gasteiger partial charge in [0.05, 0.1) is 6.54 Å². The van der Waals surface area contributed by atoms with Crippen molar-refractivity contribution in [2.45, 2.75) is 45.1 Å². The fourth-order valence-electron chi connectivity index (χ4n) is 3.25. The monoisotopic (exact) mass is 373 g/mol.